The van der Waals surface area contributed by atoms with Gasteiger partial charge in [-0.25, -0.2) is 0 Å². The predicted molar refractivity (Wildman–Crippen MR) is 25.4 cm³/mol. The van der Waals surface area contributed by atoms with Crippen molar-refractivity contribution in [2.75, 3.05) is 0 Å². The monoisotopic (exact) mass is 150 g/mol. The van der Waals surface area contributed by atoms with Crippen LogP contribution < -0.4 is 9.59 Å². The van der Waals surface area contributed by atoms with Gasteiger partial charge in [-0.2, -0.15) is 0 Å². The van der Waals surface area contributed by atoms with E-state index in [0.29, 0.717) is 0 Å². The molecule has 0 aromatic carbocycles. The molecule has 1 saturated heterocycles. The molecule has 48 valence electrons. The molecule has 0 radical (unpaired) electrons. The molecular formula is C2H6O4Si2-2. The maximum absolute atomic E-state index is 10.1. The first kappa shape index (κ1) is 6.39. The van der Waals surface area contributed by atoms with E-state index in [1.165, 1.54) is 0 Å². The van der Waals surface area contributed by atoms with Crippen LogP contribution >= 0.6 is 0 Å². The highest BCUT2D eigenvalue weighted by Crippen LogP contribution is 2.21. The summed E-state index contributed by atoms with van der Waals surface area (Å²) in [6.45, 7) is 3.35. The van der Waals surface area contributed by atoms with E-state index < -0.39 is 17.6 Å². The molecule has 1 aliphatic heterocycles. The van der Waals surface area contributed by atoms with Gasteiger partial charge >= 0.3 is 8.56 Å². The minimum absolute atomic E-state index is 1.67. The minimum atomic E-state index is -4.02. The first-order chi connectivity index (χ1) is 3.41. The lowest BCUT2D eigenvalue weighted by Gasteiger charge is -2.61. The lowest BCUT2D eigenvalue weighted by molar-refractivity contribution is -0.443. The number of hydrogen-bond acceptors (Lipinski definition) is 4. The molecule has 1 rings (SSSR count). The smallest absolute Gasteiger partial charge is 0.310 e. The Labute approximate surface area is 49.4 Å². The fourth-order valence-electron chi connectivity index (χ4n) is 0.610. The summed E-state index contributed by atoms with van der Waals surface area (Å²) >= 11 is 0. The molecule has 0 saturated carbocycles. The third-order valence-corrected chi connectivity index (χ3v) is 6.67. The summed E-state index contributed by atoms with van der Waals surface area (Å²) in [6, 6.07) is 0. The zero-order valence-corrected chi connectivity index (χ0v) is 6.63. The van der Waals surface area contributed by atoms with E-state index in [9.17, 15) is 9.59 Å². The van der Waals surface area contributed by atoms with Gasteiger partial charge in [0.25, 0.3) is 0 Å². The molecule has 0 atom stereocenters. The van der Waals surface area contributed by atoms with Gasteiger partial charge in [0.15, 0.2) is 0 Å². The van der Waals surface area contributed by atoms with Crippen LogP contribution in [-0.2, 0) is 8.23 Å². The zero-order valence-electron chi connectivity index (χ0n) is 4.63. The summed E-state index contributed by atoms with van der Waals surface area (Å²) in [7, 11) is -6.17. The summed E-state index contributed by atoms with van der Waals surface area (Å²) in [5.41, 5.74) is 0. The molecule has 0 spiro atoms. The molecule has 1 heterocycles. The largest absolute Gasteiger partial charge is 0.829 e. The summed E-state index contributed by atoms with van der Waals surface area (Å²) < 4.78 is 8.92. The van der Waals surface area contributed by atoms with E-state index >= 15 is 0 Å². The molecule has 1 fully saturated rings. The van der Waals surface area contributed by atoms with Gasteiger partial charge in [0.1, 0.15) is 9.05 Å². The Kier molecular flexibility index (Phi) is 1.12. The van der Waals surface area contributed by atoms with E-state index in [4.69, 9.17) is 0 Å². The van der Waals surface area contributed by atoms with Gasteiger partial charge < -0.3 is 17.8 Å². The first-order valence-corrected chi connectivity index (χ1v) is 6.67. The lowest BCUT2D eigenvalue weighted by atomic mass is 11.9. The van der Waals surface area contributed by atoms with E-state index in [0.717, 1.165) is 0 Å². The Bertz CT molecular complexity index is 88.6. The second kappa shape index (κ2) is 1.41. The molecule has 6 heteroatoms. The van der Waals surface area contributed by atoms with Gasteiger partial charge in [0.2, 0.25) is 0 Å². The Morgan fingerprint density at radius 1 is 1.12 bits per heavy atom. The highest BCUT2D eigenvalue weighted by Gasteiger charge is 2.39. The lowest BCUT2D eigenvalue weighted by Crippen LogP contribution is -2.82. The van der Waals surface area contributed by atoms with Gasteiger partial charge in [-0.3, -0.25) is 0 Å². The molecular weight excluding hydrogens is 144 g/mol. The van der Waals surface area contributed by atoms with Crippen LogP contribution in [0.1, 0.15) is 0 Å². The van der Waals surface area contributed by atoms with E-state index in [-0.39, 0.29) is 0 Å². The normalized spacial score (nSPS) is 31.5. The number of hydrogen-bond donors (Lipinski definition) is 0. The van der Waals surface area contributed by atoms with Crippen LogP contribution in [0, 0.1) is 0 Å². The number of rotatable bonds is 0. The van der Waals surface area contributed by atoms with Crippen molar-refractivity contribution in [2.24, 2.45) is 0 Å². The summed E-state index contributed by atoms with van der Waals surface area (Å²) in [6.07, 6.45) is 0. The van der Waals surface area contributed by atoms with Crippen molar-refractivity contribution >= 4 is 17.6 Å². The predicted octanol–water partition coefficient (Wildman–Crippen LogP) is -2.11. The second-order valence-electron chi connectivity index (χ2n) is 2.10. The fourth-order valence-corrected chi connectivity index (χ4v) is 5.49. The zero-order chi connectivity index (χ0) is 6.41. The van der Waals surface area contributed by atoms with Gasteiger partial charge in [-0.15, -0.1) is 0 Å². The fraction of sp³-hybridized carbons (Fsp3) is 1.00. The van der Waals surface area contributed by atoms with Gasteiger partial charge in [-0.05, 0) is 13.1 Å². The molecule has 1 aliphatic rings. The van der Waals surface area contributed by atoms with E-state index in [1.807, 2.05) is 0 Å². The van der Waals surface area contributed by atoms with E-state index in [2.05, 4.69) is 8.23 Å². The van der Waals surface area contributed by atoms with Crippen molar-refractivity contribution in [3.8, 4) is 0 Å². The van der Waals surface area contributed by atoms with Crippen molar-refractivity contribution in [1.82, 2.24) is 0 Å². The van der Waals surface area contributed by atoms with Crippen molar-refractivity contribution in [1.29, 1.82) is 0 Å². The van der Waals surface area contributed by atoms with Crippen LogP contribution in [0.5, 0.6) is 0 Å². The quantitative estimate of drug-likeness (QED) is 0.371. The summed E-state index contributed by atoms with van der Waals surface area (Å²) in [5, 5.41) is 0. The Balaban J connectivity index is 2.42. The van der Waals surface area contributed by atoms with Crippen LogP contribution in [0.15, 0.2) is 0 Å². The molecule has 0 aromatic heterocycles. The average Bonchev–Trinajstić information content (AvgIpc) is 1.20. The van der Waals surface area contributed by atoms with Crippen LogP contribution in [0.3, 0.4) is 0 Å². The third-order valence-electron chi connectivity index (χ3n) is 0.742. The Morgan fingerprint density at radius 3 is 1.50 bits per heavy atom. The van der Waals surface area contributed by atoms with E-state index in [1.54, 1.807) is 13.1 Å². The summed E-state index contributed by atoms with van der Waals surface area (Å²) in [4.78, 5) is 20.3. The molecule has 0 aliphatic carbocycles. The molecule has 0 bridgehead atoms. The maximum Gasteiger partial charge on any atom is 0.310 e. The van der Waals surface area contributed by atoms with Crippen LogP contribution in [-0.4, -0.2) is 17.6 Å². The Hall–Kier alpha value is 0.274. The van der Waals surface area contributed by atoms with Crippen LogP contribution in [0.2, 0.25) is 13.1 Å². The van der Waals surface area contributed by atoms with Crippen LogP contribution in [0.4, 0.5) is 0 Å². The van der Waals surface area contributed by atoms with Crippen LogP contribution in [0.25, 0.3) is 0 Å². The SMILES string of the molecule is C[Si]1(C)O[Si]([O-])([O-])O1. The highest BCUT2D eigenvalue weighted by atomic mass is 28.5. The first-order valence-electron chi connectivity index (χ1n) is 2.22. The molecule has 8 heavy (non-hydrogen) atoms. The highest BCUT2D eigenvalue weighted by molar-refractivity contribution is 6.85. The average molecular weight is 150 g/mol. The standard InChI is InChI=1S/C2H6O4Si2/c1-7(2)5-8(3,4)6-7/h1-2H3/q-2. The van der Waals surface area contributed by atoms with Gasteiger partial charge in [0, 0.05) is 0 Å². The minimum Gasteiger partial charge on any atom is -0.829 e. The van der Waals surface area contributed by atoms with Crippen molar-refractivity contribution in [3.63, 3.8) is 0 Å². The second-order valence-corrected chi connectivity index (χ2v) is 7.54. The molecule has 0 amide bonds. The Morgan fingerprint density at radius 2 is 1.50 bits per heavy atom. The molecule has 0 unspecified atom stereocenters. The van der Waals surface area contributed by atoms with Crippen molar-refractivity contribution in [2.45, 2.75) is 13.1 Å². The van der Waals surface area contributed by atoms with Crippen molar-refractivity contribution < 1.29 is 17.8 Å². The summed E-state index contributed by atoms with van der Waals surface area (Å²) in [5.74, 6) is 0. The van der Waals surface area contributed by atoms with Crippen molar-refractivity contribution in [3.05, 3.63) is 0 Å². The molecule has 0 aromatic rings. The third kappa shape index (κ3) is 1.16. The topological polar surface area (TPSA) is 64.6 Å². The molecule has 4 nitrogen and oxygen atoms in total. The van der Waals surface area contributed by atoms with Gasteiger partial charge in [-0.1, -0.05) is 0 Å². The molecule has 0 N–H and O–H groups in total. The van der Waals surface area contributed by atoms with Gasteiger partial charge in [0.05, 0.1) is 0 Å². The maximum atomic E-state index is 10.1.